The summed E-state index contributed by atoms with van der Waals surface area (Å²) in [7, 11) is 0. The van der Waals surface area contributed by atoms with E-state index in [-0.39, 0.29) is 31.8 Å². The van der Waals surface area contributed by atoms with E-state index >= 15 is 0 Å². The molecule has 1 amide bonds. The molecule has 0 fully saturated rings. The fraction of sp³-hybridized carbons (Fsp3) is 0.400. The van der Waals surface area contributed by atoms with Crippen molar-refractivity contribution in [1.29, 1.82) is 0 Å². The van der Waals surface area contributed by atoms with Crippen LogP contribution in [0.3, 0.4) is 0 Å². The molecule has 7 heteroatoms. The Balaban J connectivity index is 1.66. The molecule has 1 aliphatic rings. The molecule has 32 heavy (non-hydrogen) atoms. The van der Waals surface area contributed by atoms with Crippen molar-refractivity contribution >= 4 is 18.0 Å². The molecule has 0 aromatic heterocycles. The van der Waals surface area contributed by atoms with Crippen molar-refractivity contribution in [3.05, 3.63) is 59.7 Å². The normalized spacial score (nSPS) is 13.6. The average molecular weight is 440 g/mol. The molecule has 0 aliphatic heterocycles. The van der Waals surface area contributed by atoms with Crippen molar-refractivity contribution < 1.29 is 29.0 Å². The molecule has 0 saturated carbocycles. The third-order valence-electron chi connectivity index (χ3n) is 5.21. The second kappa shape index (κ2) is 9.85. The Morgan fingerprint density at radius 3 is 2.09 bits per heavy atom. The van der Waals surface area contributed by atoms with E-state index < -0.39 is 29.7 Å². The van der Waals surface area contributed by atoms with Gasteiger partial charge in [0.2, 0.25) is 0 Å². The van der Waals surface area contributed by atoms with Gasteiger partial charge in [-0.05, 0) is 55.9 Å². The minimum Gasteiger partial charge on any atom is -0.481 e. The predicted molar refractivity (Wildman–Crippen MR) is 119 cm³/mol. The molecule has 3 rings (SSSR count). The average Bonchev–Trinajstić information content (AvgIpc) is 3.04. The number of fused-ring (bicyclic) bond motifs is 3. The maximum absolute atomic E-state index is 12.5. The first-order valence-corrected chi connectivity index (χ1v) is 10.7. The number of ether oxygens (including phenoxy) is 2. The van der Waals surface area contributed by atoms with Crippen LogP contribution in [-0.2, 0) is 19.1 Å². The van der Waals surface area contributed by atoms with Gasteiger partial charge in [-0.2, -0.15) is 0 Å². The molecule has 2 N–H and O–H groups in total. The summed E-state index contributed by atoms with van der Waals surface area (Å²) in [5.74, 6) is -1.68. The van der Waals surface area contributed by atoms with Crippen LogP contribution in [0.2, 0.25) is 0 Å². The quantitative estimate of drug-likeness (QED) is 0.588. The van der Waals surface area contributed by atoms with Crippen LogP contribution in [0, 0.1) is 0 Å². The van der Waals surface area contributed by atoms with Gasteiger partial charge in [-0.15, -0.1) is 0 Å². The van der Waals surface area contributed by atoms with Gasteiger partial charge in [0.25, 0.3) is 0 Å². The standard InChI is InChI=1S/C25H29NO6/c1-25(2,3)32-23(29)21(13-8-14-22(27)28)26-24(30)31-15-20-18-11-6-4-9-16(18)17-10-5-7-12-19(17)20/h4-7,9-12,20-21H,8,13-15H2,1-3H3,(H,26,30)(H,27,28)/t21-/m0/s1. The van der Waals surface area contributed by atoms with E-state index in [9.17, 15) is 14.4 Å². The number of carbonyl (C=O) groups excluding carboxylic acids is 2. The lowest BCUT2D eigenvalue weighted by molar-refractivity contribution is -0.157. The Morgan fingerprint density at radius 2 is 1.56 bits per heavy atom. The van der Waals surface area contributed by atoms with E-state index in [1.807, 2.05) is 36.4 Å². The van der Waals surface area contributed by atoms with Crippen molar-refractivity contribution in [2.24, 2.45) is 0 Å². The van der Waals surface area contributed by atoms with Gasteiger partial charge >= 0.3 is 18.0 Å². The number of hydrogen-bond donors (Lipinski definition) is 2. The number of nitrogens with one attached hydrogen (secondary N) is 1. The molecular weight excluding hydrogens is 410 g/mol. The number of rotatable bonds is 8. The summed E-state index contributed by atoms with van der Waals surface area (Å²) in [6.45, 7) is 5.31. The number of benzene rings is 2. The van der Waals surface area contributed by atoms with Crippen LogP contribution in [0.4, 0.5) is 4.79 Å². The minimum atomic E-state index is -0.982. The maximum atomic E-state index is 12.5. The van der Waals surface area contributed by atoms with Gasteiger partial charge in [-0.1, -0.05) is 48.5 Å². The molecule has 0 spiro atoms. The van der Waals surface area contributed by atoms with Gasteiger partial charge in [-0.25, -0.2) is 9.59 Å². The smallest absolute Gasteiger partial charge is 0.407 e. The van der Waals surface area contributed by atoms with Crippen molar-refractivity contribution in [2.75, 3.05) is 6.61 Å². The third-order valence-corrected chi connectivity index (χ3v) is 5.21. The summed E-state index contributed by atoms with van der Waals surface area (Å²) >= 11 is 0. The van der Waals surface area contributed by atoms with Gasteiger partial charge < -0.3 is 19.9 Å². The molecule has 2 aromatic rings. The lowest BCUT2D eigenvalue weighted by atomic mass is 9.98. The summed E-state index contributed by atoms with van der Waals surface area (Å²) in [5, 5.41) is 11.4. The summed E-state index contributed by atoms with van der Waals surface area (Å²) in [4.78, 5) is 35.9. The molecule has 0 bridgehead atoms. The number of alkyl carbamates (subject to hydrolysis) is 1. The minimum absolute atomic E-state index is 0.0971. The van der Waals surface area contributed by atoms with Crippen LogP contribution in [0.1, 0.15) is 57.1 Å². The third kappa shape index (κ3) is 5.87. The van der Waals surface area contributed by atoms with Crippen molar-refractivity contribution in [3.8, 4) is 11.1 Å². The van der Waals surface area contributed by atoms with Crippen LogP contribution < -0.4 is 5.32 Å². The van der Waals surface area contributed by atoms with Crippen molar-refractivity contribution in [1.82, 2.24) is 5.32 Å². The first-order chi connectivity index (χ1) is 15.2. The zero-order valence-electron chi connectivity index (χ0n) is 18.6. The fourth-order valence-corrected chi connectivity index (χ4v) is 3.86. The van der Waals surface area contributed by atoms with Crippen LogP contribution in [0.5, 0.6) is 0 Å². The highest BCUT2D eigenvalue weighted by Gasteiger charge is 2.31. The first kappa shape index (κ1) is 23.3. The molecule has 7 nitrogen and oxygen atoms in total. The van der Waals surface area contributed by atoms with Crippen molar-refractivity contribution in [3.63, 3.8) is 0 Å². The van der Waals surface area contributed by atoms with E-state index in [1.54, 1.807) is 20.8 Å². The maximum Gasteiger partial charge on any atom is 0.407 e. The highest BCUT2D eigenvalue weighted by atomic mass is 16.6. The summed E-state index contributed by atoms with van der Waals surface area (Å²) in [5.41, 5.74) is 3.69. The van der Waals surface area contributed by atoms with Crippen LogP contribution >= 0.6 is 0 Å². The van der Waals surface area contributed by atoms with E-state index in [0.717, 1.165) is 22.3 Å². The number of carboxylic acids is 1. The molecular formula is C25H29NO6. The molecule has 0 saturated heterocycles. The number of hydrogen-bond acceptors (Lipinski definition) is 5. The van der Waals surface area contributed by atoms with Gasteiger partial charge in [0.1, 0.15) is 18.2 Å². The Labute approximate surface area is 187 Å². The molecule has 2 aromatic carbocycles. The largest absolute Gasteiger partial charge is 0.481 e. The fourth-order valence-electron chi connectivity index (χ4n) is 3.86. The zero-order chi connectivity index (χ0) is 23.3. The van der Waals surface area contributed by atoms with E-state index in [2.05, 4.69) is 17.4 Å². The first-order valence-electron chi connectivity index (χ1n) is 10.7. The van der Waals surface area contributed by atoms with E-state index in [1.165, 1.54) is 0 Å². The van der Waals surface area contributed by atoms with Crippen molar-refractivity contribution in [2.45, 2.75) is 57.6 Å². The van der Waals surface area contributed by atoms with Crippen LogP contribution in [-0.4, -0.2) is 41.4 Å². The zero-order valence-corrected chi connectivity index (χ0v) is 18.6. The predicted octanol–water partition coefficient (Wildman–Crippen LogP) is 4.49. The van der Waals surface area contributed by atoms with Crippen LogP contribution in [0.25, 0.3) is 11.1 Å². The number of amides is 1. The molecule has 170 valence electrons. The van der Waals surface area contributed by atoms with Crippen LogP contribution in [0.15, 0.2) is 48.5 Å². The second-order valence-corrected chi connectivity index (χ2v) is 8.84. The topological polar surface area (TPSA) is 102 Å². The monoisotopic (exact) mass is 439 g/mol. The summed E-state index contributed by atoms with van der Waals surface area (Å²) in [6.07, 6.45) is -0.474. The number of esters is 1. The molecule has 0 heterocycles. The molecule has 0 unspecified atom stereocenters. The Bertz CT molecular complexity index is 948. The Kier molecular flexibility index (Phi) is 7.18. The van der Waals surface area contributed by atoms with E-state index in [4.69, 9.17) is 14.6 Å². The molecule has 0 radical (unpaired) electrons. The number of carbonyl (C=O) groups is 3. The highest BCUT2D eigenvalue weighted by Crippen LogP contribution is 2.44. The van der Waals surface area contributed by atoms with E-state index in [0.29, 0.717) is 0 Å². The van der Waals surface area contributed by atoms with Gasteiger partial charge in [0, 0.05) is 12.3 Å². The van der Waals surface area contributed by atoms with Gasteiger partial charge in [0.15, 0.2) is 0 Å². The molecule has 1 atom stereocenters. The Morgan fingerprint density at radius 1 is 1.00 bits per heavy atom. The SMILES string of the molecule is CC(C)(C)OC(=O)[C@H](CCCC(=O)O)NC(=O)OCC1c2ccccc2-c2ccccc21. The lowest BCUT2D eigenvalue weighted by Crippen LogP contribution is -2.44. The van der Waals surface area contributed by atoms with Gasteiger partial charge in [0.05, 0.1) is 0 Å². The lowest BCUT2D eigenvalue weighted by Gasteiger charge is -2.24. The second-order valence-electron chi connectivity index (χ2n) is 8.84. The number of carboxylic acid groups (broad SMARTS) is 1. The summed E-state index contributed by atoms with van der Waals surface area (Å²) < 4.78 is 10.9. The number of aliphatic carboxylic acids is 1. The highest BCUT2D eigenvalue weighted by molar-refractivity contribution is 5.82. The van der Waals surface area contributed by atoms with Gasteiger partial charge in [-0.3, -0.25) is 4.79 Å². The molecule has 1 aliphatic carbocycles. The Hall–Kier alpha value is -3.35. The summed E-state index contributed by atoms with van der Waals surface area (Å²) in [6, 6.07) is 15.0.